The van der Waals surface area contributed by atoms with Gasteiger partial charge in [-0.2, -0.15) is 4.98 Å². The molecule has 0 bridgehead atoms. The molecule has 8 nitrogen and oxygen atoms in total. The highest BCUT2D eigenvalue weighted by molar-refractivity contribution is 5.97. The van der Waals surface area contributed by atoms with Gasteiger partial charge in [0.05, 0.1) is 20.8 Å². The Hall–Kier alpha value is -3.39. The Morgan fingerprint density at radius 3 is 2.64 bits per heavy atom. The zero-order valence-electron chi connectivity index (χ0n) is 19.0. The fourth-order valence-electron chi connectivity index (χ4n) is 4.73. The molecule has 172 valence electrons. The molecule has 1 fully saturated rings. The Bertz CT molecular complexity index is 1140. The summed E-state index contributed by atoms with van der Waals surface area (Å²) < 4.78 is 16.1. The number of aromatic nitrogens is 2. The van der Waals surface area contributed by atoms with Crippen molar-refractivity contribution in [1.82, 2.24) is 15.0 Å². The van der Waals surface area contributed by atoms with E-state index in [4.69, 9.17) is 14.0 Å². The summed E-state index contributed by atoms with van der Waals surface area (Å²) in [7, 11) is 3.20. The molecular formula is C25H28N4O4. The van der Waals surface area contributed by atoms with E-state index < -0.39 is 0 Å². The summed E-state index contributed by atoms with van der Waals surface area (Å²) >= 11 is 0. The number of hydrogen-bond donors (Lipinski definition) is 0. The first-order chi connectivity index (χ1) is 16.2. The molecule has 1 aromatic heterocycles. The zero-order chi connectivity index (χ0) is 22.8. The number of rotatable bonds is 6. The van der Waals surface area contributed by atoms with Crippen LogP contribution in [0.4, 0.5) is 5.69 Å². The van der Waals surface area contributed by atoms with Crippen molar-refractivity contribution in [3.63, 3.8) is 0 Å². The SMILES string of the molecule is COc1ccc(-c2noc(CN3CCC(C(=O)N4CCc5ccccc54)CC3)n2)cc1OC. The number of methoxy groups -OCH3 is 2. The average Bonchev–Trinajstić information content (AvgIpc) is 3.51. The van der Waals surface area contributed by atoms with E-state index in [9.17, 15) is 4.79 Å². The molecule has 1 amide bonds. The van der Waals surface area contributed by atoms with Gasteiger partial charge in [0.2, 0.25) is 17.6 Å². The van der Waals surface area contributed by atoms with Gasteiger partial charge < -0.3 is 18.9 Å². The van der Waals surface area contributed by atoms with Crippen molar-refractivity contribution in [1.29, 1.82) is 0 Å². The molecular weight excluding hydrogens is 420 g/mol. The lowest BCUT2D eigenvalue weighted by molar-refractivity contribution is -0.123. The molecule has 3 aromatic rings. The smallest absolute Gasteiger partial charge is 0.241 e. The second-order valence-electron chi connectivity index (χ2n) is 8.50. The predicted molar refractivity (Wildman–Crippen MR) is 123 cm³/mol. The Kier molecular flexibility index (Phi) is 6.00. The minimum atomic E-state index is 0.0671. The number of ether oxygens (including phenoxy) is 2. The normalized spacial score (nSPS) is 16.6. The molecule has 2 aliphatic rings. The maximum atomic E-state index is 13.1. The van der Waals surface area contributed by atoms with Gasteiger partial charge in [0.25, 0.3) is 0 Å². The van der Waals surface area contributed by atoms with E-state index in [-0.39, 0.29) is 11.8 Å². The molecule has 0 atom stereocenters. The van der Waals surface area contributed by atoms with Crippen LogP contribution >= 0.6 is 0 Å². The van der Waals surface area contributed by atoms with Crippen LogP contribution in [-0.2, 0) is 17.8 Å². The Labute approximate surface area is 193 Å². The van der Waals surface area contributed by atoms with Crippen molar-refractivity contribution in [3.05, 3.63) is 53.9 Å². The molecule has 0 N–H and O–H groups in total. The van der Waals surface area contributed by atoms with Crippen LogP contribution in [0.25, 0.3) is 11.4 Å². The summed E-state index contributed by atoms with van der Waals surface area (Å²) in [6.45, 7) is 3.03. The number of anilines is 1. The predicted octanol–water partition coefficient (Wildman–Crippen LogP) is 3.56. The number of carbonyl (C=O) groups excluding carboxylic acids is 1. The largest absolute Gasteiger partial charge is 0.493 e. The van der Waals surface area contributed by atoms with Crippen LogP contribution in [0.15, 0.2) is 47.0 Å². The molecule has 0 saturated carbocycles. The minimum absolute atomic E-state index is 0.0671. The third-order valence-corrected chi connectivity index (χ3v) is 6.56. The van der Waals surface area contributed by atoms with Gasteiger partial charge in [-0.05, 0) is 62.2 Å². The quantitative estimate of drug-likeness (QED) is 0.570. The fourth-order valence-corrected chi connectivity index (χ4v) is 4.73. The molecule has 2 aromatic carbocycles. The van der Waals surface area contributed by atoms with E-state index in [1.54, 1.807) is 14.2 Å². The van der Waals surface area contributed by atoms with Gasteiger partial charge >= 0.3 is 0 Å². The van der Waals surface area contributed by atoms with Gasteiger partial charge in [-0.25, -0.2) is 0 Å². The molecule has 1 saturated heterocycles. The number of carbonyl (C=O) groups is 1. The van der Waals surface area contributed by atoms with Gasteiger partial charge in [-0.1, -0.05) is 23.4 Å². The van der Waals surface area contributed by atoms with Crippen LogP contribution in [-0.4, -0.2) is 54.8 Å². The van der Waals surface area contributed by atoms with Crippen molar-refractivity contribution in [3.8, 4) is 22.9 Å². The number of hydrogen-bond acceptors (Lipinski definition) is 7. The fraction of sp³-hybridized carbons (Fsp3) is 0.400. The lowest BCUT2D eigenvalue weighted by Gasteiger charge is -2.32. The number of para-hydroxylation sites is 1. The van der Waals surface area contributed by atoms with Crippen molar-refractivity contribution in [2.75, 3.05) is 38.8 Å². The molecule has 0 aliphatic carbocycles. The van der Waals surface area contributed by atoms with Gasteiger partial charge in [0.1, 0.15) is 0 Å². The molecule has 33 heavy (non-hydrogen) atoms. The summed E-state index contributed by atoms with van der Waals surface area (Å²) in [5, 5.41) is 4.13. The van der Waals surface area contributed by atoms with Gasteiger partial charge in [-0.15, -0.1) is 0 Å². The van der Waals surface area contributed by atoms with Crippen LogP contribution in [0.3, 0.4) is 0 Å². The second-order valence-corrected chi connectivity index (χ2v) is 8.50. The first kappa shape index (κ1) is 21.5. The first-order valence-electron chi connectivity index (χ1n) is 11.3. The molecule has 3 heterocycles. The van der Waals surface area contributed by atoms with E-state index in [2.05, 4.69) is 27.2 Å². The number of nitrogens with zero attached hydrogens (tertiary/aromatic N) is 4. The highest BCUT2D eigenvalue weighted by atomic mass is 16.5. The number of benzene rings is 2. The lowest BCUT2D eigenvalue weighted by Crippen LogP contribution is -2.42. The standard InChI is InChI=1S/C25H28N4O4/c1-31-21-8-7-19(15-22(21)32-2)24-26-23(33-27-24)16-28-12-9-18(10-13-28)25(30)29-14-11-17-5-3-4-6-20(17)29/h3-8,15,18H,9-14,16H2,1-2H3. The van der Waals surface area contributed by atoms with E-state index in [0.29, 0.717) is 29.8 Å². The molecule has 0 radical (unpaired) electrons. The molecule has 0 spiro atoms. The highest BCUT2D eigenvalue weighted by Crippen LogP contribution is 2.32. The van der Waals surface area contributed by atoms with Crippen LogP contribution in [0.1, 0.15) is 24.3 Å². The number of piperidine rings is 1. The summed E-state index contributed by atoms with van der Waals surface area (Å²) in [6.07, 6.45) is 2.63. The molecule has 2 aliphatic heterocycles. The number of fused-ring (bicyclic) bond motifs is 1. The third kappa shape index (κ3) is 4.30. The van der Waals surface area contributed by atoms with Crippen molar-refractivity contribution in [2.45, 2.75) is 25.8 Å². The van der Waals surface area contributed by atoms with Gasteiger partial charge in [0.15, 0.2) is 11.5 Å². The maximum absolute atomic E-state index is 13.1. The van der Waals surface area contributed by atoms with E-state index >= 15 is 0 Å². The summed E-state index contributed by atoms with van der Waals surface area (Å²) in [5.41, 5.74) is 3.15. The Balaban J connectivity index is 1.18. The Morgan fingerprint density at radius 2 is 1.85 bits per heavy atom. The van der Waals surface area contributed by atoms with E-state index in [0.717, 1.165) is 50.1 Å². The number of likely N-dealkylation sites (tertiary alicyclic amines) is 1. The second kappa shape index (κ2) is 9.23. The average molecular weight is 449 g/mol. The first-order valence-corrected chi connectivity index (χ1v) is 11.3. The molecule has 0 unspecified atom stereocenters. The van der Waals surface area contributed by atoms with Crippen LogP contribution < -0.4 is 14.4 Å². The van der Waals surface area contributed by atoms with Crippen molar-refractivity contribution >= 4 is 11.6 Å². The number of amides is 1. The van der Waals surface area contributed by atoms with Crippen molar-refractivity contribution < 1.29 is 18.8 Å². The zero-order valence-corrected chi connectivity index (χ0v) is 19.0. The van der Waals surface area contributed by atoms with Crippen LogP contribution in [0, 0.1) is 5.92 Å². The molecule has 8 heteroatoms. The third-order valence-electron chi connectivity index (χ3n) is 6.56. The minimum Gasteiger partial charge on any atom is -0.493 e. The summed E-state index contributed by atoms with van der Waals surface area (Å²) in [5.74, 6) is 2.68. The molecule has 5 rings (SSSR count). The monoisotopic (exact) mass is 448 g/mol. The summed E-state index contributed by atoms with van der Waals surface area (Å²) in [6, 6.07) is 13.8. The highest BCUT2D eigenvalue weighted by Gasteiger charge is 2.32. The maximum Gasteiger partial charge on any atom is 0.241 e. The van der Waals surface area contributed by atoms with Crippen LogP contribution in [0.2, 0.25) is 0 Å². The van der Waals surface area contributed by atoms with Gasteiger partial charge in [0, 0.05) is 23.7 Å². The Morgan fingerprint density at radius 1 is 1.06 bits per heavy atom. The van der Waals surface area contributed by atoms with Gasteiger partial charge in [-0.3, -0.25) is 9.69 Å². The van der Waals surface area contributed by atoms with E-state index in [1.807, 2.05) is 35.2 Å². The van der Waals surface area contributed by atoms with Crippen LogP contribution in [0.5, 0.6) is 11.5 Å². The van der Waals surface area contributed by atoms with E-state index in [1.165, 1.54) is 5.56 Å². The summed E-state index contributed by atoms with van der Waals surface area (Å²) in [4.78, 5) is 21.9. The lowest BCUT2D eigenvalue weighted by atomic mass is 9.95. The topological polar surface area (TPSA) is 80.9 Å². The van der Waals surface area contributed by atoms with Crippen molar-refractivity contribution in [2.24, 2.45) is 5.92 Å².